The molecule has 0 amide bonds. The topological polar surface area (TPSA) is 61.2 Å². The lowest BCUT2D eigenvalue weighted by Gasteiger charge is -2.13. The quantitative estimate of drug-likeness (QED) is 0.683. The molecular formula is C17H12ClFN2O3. The van der Waals surface area contributed by atoms with Crippen LogP contribution in [-0.4, -0.2) is 15.7 Å². The van der Waals surface area contributed by atoms with E-state index in [9.17, 15) is 14.0 Å². The molecule has 0 N–H and O–H groups in total. The van der Waals surface area contributed by atoms with Crippen LogP contribution in [0.2, 0.25) is 5.02 Å². The summed E-state index contributed by atoms with van der Waals surface area (Å²) in [4.78, 5) is 23.7. The molecule has 5 nitrogen and oxygen atoms in total. The minimum atomic E-state index is -0.628. The largest absolute Gasteiger partial charge is 0.461 e. The highest BCUT2D eigenvalue weighted by Crippen LogP contribution is 2.24. The number of hydrogen-bond acceptors (Lipinski definition) is 4. The molecule has 24 heavy (non-hydrogen) atoms. The molecule has 2 aromatic carbocycles. The maximum absolute atomic E-state index is 14.0. The van der Waals surface area contributed by atoms with E-state index in [1.165, 1.54) is 25.3 Å². The van der Waals surface area contributed by atoms with Crippen molar-refractivity contribution in [3.63, 3.8) is 0 Å². The molecule has 122 valence electrons. The highest BCUT2D eigenvalue weighted by atomic mass is 35.5. The fourth-order valence-electron chi connectivity index (χ4n) is 2.39. The van der Waals surface area contributed by atoms with Gasteiger partial charge in [0.05, 0.1) is 17.3 Å². The van der Waals surface area contributed by atoms with Crippen molar-refractivity contribution in [1.82, 2.24) is 9.78 Å². The Morgan fingerprint density at radius 3 is 2.79 bits per heavy atom. The van der Waals surface area contributed by atoms with E-state index in [1.807, 2.05) is 0 Å². The van der Waals surface area contributed by atoms with Gasteiger partial charge in [-0.2, -0.15) is 9.78 Å². The van der Waals surface area contributed by atoms with Gasteiger partial charge in [-0.3, -0.25) is 9.59 Å². The third-order valence-electron chi connectivity index (χ3n) is 3.51. The average Bonchev–Trinajstić information content (AvgIpc) is 2.54. The maximum atomic E-state index is 14.0. The van der Waals surface area contributed by atoms with Gasteiger partial charge in [0.2, 0.25) is 0 Å². The molecule has 1 aromatic heterocycles. The monoisotopic (exact) mass is 346 g/mol. The van der Waals surface area contributed by atoms with E-state index in [0.29, 0.717) is 21.7 Å². The van der Waals surface area contributed by atoms with Gasteiger partial charge in [-0.1, -0.05) is 29.8 Å². The minimum absolute atomic E-state index is 0.0640. The zero-order chi connectivity index (χ0) is 17.3. The lowest BCUT2D eigenvalue weighted by molar-refractivity contribution is -0.142. The Bertz CT molecular complexity index is 1000. The first-order valence-electron chi connectivity index (χ1n) is 7.06. The number of ether oxygens (including phenoxy) is 1. The summed E-state index contributed by atoms with van der Waals surface area (Å²) in [6.45, 7) is 1.15. The summed E-state index contributed by atoms with van der Waals surface area (Å²) in [5.41, 5.74) is 0.135. The number of hydrogen-bond donors (Lipinski definition) is 0. The Hall–Kier alpha value is -2.73. The molecule has 0 unspecified atom stereocenters. The van der Waals surface area contributed by atoms with Crippen molar-refractivity contribution in [2.24, 2.45) is 0 Å². The molecule has 0 aliphatic carbocycles. The van der Waals surface area contributed by atoms with Crippen LogP contribution in [-0.2, 0) is 16.1 Å². The predicted molar refractivity (Wildman–Crippen MR) is 87.8 cm³/mol. The highest BCUT2D eigenvalue weighted by molar-refractivity contribution is 6.31. The molecule has 0 fully saturated rings. The number of esters is 1. The van der Waals surface area contributed by atoms with Crippen LogP contribution in [0.25, 0.3) is 16.5 Å². The molecule has 0 aliphatic rings. The van der Waals surface area contributed by atoms with Gasteiger partial charge in [0, 0.05) is 22.9 Å². The molecule has 0 radical (unpaired) electrons. The fourth-order valence-corrected chi connectivity index (χ4v) is 2.61. The third-order valence-corrected chi connectivity index (χ3v) is 3.86. The number of aromatic nitrogens is 2. The van der Waals surface area contributed by atoms with Crippen LogP contribution in [0.1, 0.15) is 12.5 Å². The van der Waals surface area contributed by atoms with Crippen molar-refractivity contribution in [2.75, 3.05) is 0 Å². The second-order valence-corrected chi connectivity index (χ2v) is 5.49. The Morgan fingerprint density at radius 2 is 2.04 bits per heavy atom. The van der Waals surface area contributed by atoms with Crippen LogP contribution in [0, 0.1) is 5.82 Å². The number of benzene rings is 2. The summed E-state index contributed by atoms with van der Waals surface area (Å²) in [7, 11) is 0. The zero-order valence-electron chi connectivity index (χ0n) is 12.6. The Labute approximate surface area is 141 Å². The first-order valence-corrected chi connectivity index (χ1v) is 7.44. The van der Waals surface area contributed by atoms with Gasteiger partial charge in [-0.05, 0) is 18.2 Å². The van der Waals surface area contributed by atoms with E-state index in [2.05, 4.69) is 5.10 Å². The molecule has 0 atom stereocenters. The molecule has 3 aromatic rings. The van der Waals surface area contributed by atoms with Crippen molar-refractivity contribution < 1.29 is 13.9 Å². The van der Waals surface area contributed by atoms with E-state index in [4.69, 9.17) is 16.3 Å². The van der Waals surface area contributed by atoms with Crippen LogP contribution in [0.15, 0.2) is 47.4 Å². The molecule has 3 rings (SSSR count). The molecule has 7 heteroatoms. The third kappa shape index (κ3) is 2.88. The average molecular weight is 347 g/mol. The number of carbonyl (C=O) groups excluding carboxylic acids is 1. The van der Waals surface area contributed by atoms with E-state index in [1.54, 1.807) is 24.3 Å². The van der Waals surface area contributed by atoms with Gasteiger partial charge >= 0.3 is 5.97 Å². The predicted octanol–water partition coefficient (Wildman–Crippen LogP) is 3.24. The van der Waals surface area contributed by atoms with Crippen LogP contribution in [0.3, 0.4) is 0 Å². The smallest absolute Gasteiger partial charge is 0.302 e. The lowest BCUT2D eigenvalue weighted by atomic mass is 10.1. The van der Waals surface area contributed by atoms with E-state index in [-0.39, 0.29) is 12.0 Å². The van der Waals surface area contributed by atoms with Crippen molar-refractivity contribution in [2.45, 2.75) is 13.5 Å². The highest BCUT2D eigenvalue weighted by Gasteiger charge is 2.15. The van der Waals surface area contributed by atoms with Gasteiger partial charge in [-0.25, -0.2) is 4.39 Å². The van der Waals surface area contributed by atoms with Gasteiger partial charge in [0.25, 0.3) is 5.56 Å². The minimum Gasteiger partial charge on any atom is -0.461 e. The van der Waals surface area contributed by atoms with Crippen LogP contribution in [0.5, 0.6) is 0 Å². The zero-order valence-corrected chi connectivity index (χ0v) is 13.4. The van der Waals surface area contributed by atoms with E-state index < -0.39 is 17.3 Å². The molecule has 0 spiro atoms. The summed E-state index contributed by atoms with van der Waals surface area (Å²) < 4.78 is 20.1. The normalized spacial score (nSPS) is 10.8. The molecule has 0 aliphatic heterocycles. The van der Waals surface area contributed by atoms with Crippen LogP contribution >= 0.6 is 11.6 Å². The maximum Gasteiger partial charge on any atom is 0.302 e. The van der Waals surface area contributed by atoms with Crippen molar-refractivity contribution >= 4 is 28.3 Å². The van der Waals surface area contributed by atoms with Gasteiger partial charge in [0.1, 0.15) is 12.4 Å². The van der Waals surface area contributed by atoms with E-state index in [0.717, 1.165) is 4.68 Å². The second-order valence-electron chi connectivity index (χ2n) is 5.08. The number of nitrogens with zero attached hydrogens (tertiary/aromatic N) is 2. The van der Waals surface area contributed by atoms with Crippen molar-refractivity contribution in [3.8, 4) is 5.69 Å². The lowest BCUT2D eigenvalue weighted by Crippen LogP contribution is -2.23. The van der Waals surface area contributed by atoms with Crippen LogP contribution < -0.4 is 5.56 Å². The molecule has 0 saturated carbocycles. The summed E-state index contributed by atoms with van der Waals surface area (Å²) in [6.07, 6.45) is 1.40. The standard InChI is InChI=1S/C17H12ClFN2O3/c1-10(22)24-9-12-13(18)5-3-7-15(12)21-17(23)16-11(8-20-21)4-2-6-14(16)19/h2-8H,9H2,1H3. The first-order chi connectivity index (χ1) is 11.5. The first kappa shape index (κ1) is 16.1. The molecule has 0 bridgehead atoms. The SMILES string of the molecule is CC(=O)OCc1c(Cl)cccc1-n1ncc2cccc(F)c2c1=O. The van der Waals surface area contributed by atoms with E-state index >= 15 is 0 Å². The molecular weight excluding hydrogens is 335 g/mol. The van der Waals surface area contributed by atoms with Gasteiger partial charge in [-0.15, -0.1) is 0 Å². The van der Waals surface area contributed by atoms with Gasteiger partial charge < -0.3 is 4.74 Å². The summed E-state index contributed by atoms with van der Waals surface area (Å²) in [6, 6.07) is 9.17. The number of halogens is 2. The molecule has 0 saturated heterocycles. The number of carbonyl (C=O) groups is 1. The summed E-state index contributed by atoms with van der Waals surface area (Å²) >= 11 is 6.16. The van der Waals surface area contributed by atoms with Crippen LogP contribution in [0.4, 0.5) is 4.39 Å². The van der Waals surface area contributed by atoms with Gasteiger partial charge in [0.15, 0.2) is 0 Å². The Kier molecular flexibility index (Phi) is 4.31. The second kappa shape index (κ2) is 6.41. The summed E-state index contributed by atoms with van der Waals surface area (Å²) in [5.74, 6) is -1.11. The van der Waals surface area contributed by atoms with Crippen molar-refractivity contribution in [3.05, 3.63) is 69.4 Å². The number of fused-ring (bicyclic) bond motifs is 1. The number of rotatable bonds is 3. The van der Waals surface area contributed by atoms with Crippen molar-refractivity contribution in [1.29, 1.82) is 0 Å². The fraction of sp³-hybridized carbons (Fsp3) is 0.118. The molecule has 1 heterocycles. The summed E-state index contributed by atoms with van der Waals surface area (Å²) in [5, 5.41) is 4.74. The Balaban J connectivity index is 2.23. The Morgan fingerprint density at radius 1 is 1.29 bits per heavy atom.